The minimum atomic E-state index is -0.305. The molecule has 4 aromatic carbocycles. The van der Waals surface area contributed by atoms with Crippen molar-refractivity contribution in [2.24, 2.45) is 0 Å². The van der Waals surface area contributed by atoms with Crippen LogP contribution in [0.15, 0.2) is 115 Å². The van der Waals surface area contributed by atoms with Crippen LogP contribution >= 0.6 is 0 Å². The number of fused-ring (bicyclic) bond motifs is 1. The average Bonchev–Trinajstić information content (AvgIpc) is 3.09. The van der Waals surface area contributed by atoms with Crippen molar-refractivity contribution < 1.29 is 19.4 Å². The first-order valence-corrected chi connectivity index (χ1v) is 15.7. The first-order chi connectivity index (χ1) is 22.1. The fraction of sp³-hybridized carbons (Fsp3) is 0.263. The van der Waals surface area contributed by atoms with Crippen molar-refractivity contribution >= 4 is 16.7 Å². The monoisotopic (exact) mass is 601 g/mol. The number of aromatic nitrogens is 1. The van der Waals surface area contributed by atoms with E-state index in [1.165, 1.54) is 11.1 Å². The maximum Gasteiger partial charge on any atom is 0.255 e. The third kappa shape index (κ3) is 7.87. The number of nitrogens with zero attached hydrogens (tertiary/aromatic N) is 1. The molecule has 0 aliphatic heterocycles. The number of ether oxygens (including phenoxy) is 2. The number of pyridine rings is 1. The zero-order valence-corrected chi connectivity index (χ0v) is 25.3. The molecule has 1 aliphatic rings. The Morgan fingerprint density at radius 2 is 1.53 bits per heavy atom. The van der Waals surface area contributed by atoms with Gasteiger partial charge < -0.3 is 25.2 Å². The SMILES string of the molecule is O=C(NCCNC1CCC(OC(c2ccccc2)c2ccccc2)CC1)c1cc2cccc(OCc3ccccn3)c2cc1O. The van der Waals surface area contributed by atoms with E-state index in [1.54, 1.807) is 18.3 Å². The van der Waals surface area contributed by atoms with Gasteiger partial charge in [-0.15, -0.1) is 0 Å². The standard InChI is InChI=1S/C38H39N3O4/c42-35-25-33-29(14-9-16-36(33)44-26-31-15-7-8-21-39-31)24-34(35)38(43)41-23-22-40-30-17-19-32(20-18-30)45-37(27-10-3-1-4-11-27)28-12-5-2-6-13-28/h1-16,21,24-25,30,32,37,40,42H,17-20,22-23,26H2,(H,41,43). The largest absolute Gasteiger partial charge is 0.507 e. The van der Waals surface area contributed by atoms with Gasteiger partial charge in [0.1, 0.15) is 24.2 Å². The summed E-state index contributed by atoms with van der Waals surface area (Å²) in [4.78, 5) is 17.3. The number of carbonyl (C=O) groups excluding carboxylic acids is 1. The van der Waals surface area contributed by atoms with Crippen LogP contribution in [-0.4, -0.2) is 41.2 Å². The van der Waals surface area contributed by atoms with E-state index in [0.29, 0.717) is 31.5 Å². The van der Waals surface area contributed by atoms with Gasteiger partial charge in [0.15, 0.2) is 0 Å². The van der Waals surface area contributed by atoms with Crippen LogP contribution in [0.3, 0.4) is 0 Å². The normalized spacial score (nSPS) is 16.5. The quantitative estimate of drug-likeness (QED) is 0.134. The number of benzene rings is 4. The summed E-state index contributed by atoms with van der Waals surface area (Å²) in [5, 5.41) is 18.8. The molecule has 1 heterocycles. The number of aromatic hydroxyl groups is 1. The van der Waals surface area contributed by atoms with Gasteiger partial charge >= 0.3 is 0 Å². The highest BCUT2D eigenvalue weighted by molar-refractivity contribution is 6.02. The molecule has 1 fully saturated rings. The van der Waals surface area contributed by atoms with E-state index in [0.717, 1.165) is 42.1 Å². The topological polar surface area (TPSA) is 92.7 Å². The number of amides is 1. The molecule has 6 rings (SSSR count). The molecular weight excluding hydrogens is 562 g/mol. The molecule has 0 atom stereocenters. The summed E-state index contributed by atoms with van der Waals surface area (Å²) in [6.45, 7) is 1.43. The minimum Gasteiger partial charge on any atom is -0.507 e. The maximum absolute atomic E-state index is 13.0. The minimum absolute atomic E-state index is 0.0747. The van der Waals surface area contributed by atoms with Gasteiger partial charge in [0.25, 0.3) is 5.91 Å². The van der Waals surface area contributed by atoms with Gasteiger partial charge in [-0.05, 0) is 72.5 Å². The van der Waals surface area contributed by atoms with Crippen LogP contribution in [0.2, 0.25) is 0 Å². The van der Waals surface area contributed by atoms with E-state index in [1.807, 2.05) is 48.5 Å². The van der Waals surface area contributed by atoms with Crippen molar-refractivity contribution in [2.45, 2.75) is 50.5 Å². The third-order valence-electron chi connectivity index (χ3n) is 8.35. The molecule has 1 saturated carbocycles. The number of hydrogen-bond donors (Lipinski definition) is 3. The molecule has 0 saturated heterocycles. The van der Waals surface area contributed by atoms with Crippen LogP contribution < -0.4 is 15.4 Å². The fourth-order valence-corrected chi connectivity index (χ4v) is 5.98. The molecule has 1 amide bonds. The summed E-state index contributed by atoms with van der Waals surface area (Å²) >= 11 is 0. The van der Waals surface area contributed by atoms with Gasteiger partial charge in [-0.2, -0.15) is 0 Å². The smallest absolute Gasteiger partial charge is 0.255 e. The summed E-state index contributed by atoms with van der Waals surface area (Å²) < 4.78 is 12.7. The number of phenolic OH excluding ortho intramolecular Hbond substituents is 1. The number of carbonyl (C=O) groups is 1. The Kier molecular flexibility index (Phi) is 10.00. The molecule has 45 heavy (non-hydrogen) atoms. The first-order valence-electron chi connectivity index (χ1n) is 15.7. The van der Waals surface area contributed by atoms with E-state index in [2.05, 4.69) is 64.1 Å². The summed E-state index contributed by atoms with van der Waals surface area (Å²) in [5.41, 5.74) is 3.40. The molecule has 0 radical (unpaired) electrons. The van der Waals surface area contributed by atoms with Gasteiger partial charge in [0.2, 0.25) is 0 Å². The summed E-state index contributed by atoms with van der Waals surface area (Å²) in [6.07, 6.45) is 5.86. The van der Waals surface area contributed by atoms with Crippen molar-refractivity contribution in [2.75, 3.05) is 13.1 Å². The molecule has 5 aromatic rings. The lowest BCUT2D eigenvalue weighted by molar-refractivity contribution is -0.0162. The predicted octanol–water partition coefficient (Wildman–Crippen LogP) is 6.96. The van der Waals surface area contributed by atoms with Gasteiger partial charge in [0, 0.05) is 30.7 Å². The Morgan fingerprint density at radius 3 is 2.22 bits per heavy atom. The van der Waals surface area contributed by atoms with Crippen LogP contribution in [0.4, 0.5) is 0 Å². The van der Waals surface area contributed by atoms with Gasteiger partial charge in [0.05, 0.1) is 17.4 Å². The van der Waals surface area contributed by atoms with E-state index in [9.17, 15) is 9.90 Å². The van der Waals surface area contributed by atoms with Crippen LogP contribution in [0.5, 0.6) is 11.5 Å². The second-order valence-electron chi connectivity index (χ2n) is 11.5. The molecule has 230 valence electrons. The second kappa shape index (κ2) is 14.8. The molecule has 3 N–H and O–H groups in total. The Hall–Kier alpha value is -4.72. The van der Waals surface area contributed by atoms with Crippen molar-refractivity contribution in [3.63, 3.8) is 0 Å². The lowest BCUT2D eigenvalue weighted by Gasteiger charge is -2.32. The van der Waals surface area contributed by atoms with E-state index in [-0.39, 0.29) is 29.4 Å². The zero-order valence-electron chi connectivity index (χ0n) is 25.3. The number of nitrogens with one attached hydrogen (secondary N) is 2. The highest BCUT2D eigenvalue weighted by Gasteiger charge is 2.25. The van der Waals surface area contributed by atoms with Gasteiger partial charge in [-0.3, -0.25) is 9.78 Å². The second-order valence-corrected chi connectivity index (χ2v) is 11.5. The third-order valence-corrected chi connectivity index (χ3v) is 8.35. The lowest BCUT2D eigenvalue weighted by Crippen LogP contribution is -2.40. The highest BCUT2D eigenvalue weighted by Crippen LogP contribution is 2.33. The van der Waals surface area contributed by atoms with E-state index < -0.39 is 0 Å². The molecule has 0 unspecified atom stereocenters. The average molecular weight is 602 g/mol. The van der Waals surface area contributed by atoms with Gasteiger partial charge in [-0.25, -0.2) is 0 Å². The highest BCUT2D eigenvalue weighted by atomic mass is 16.5. The summed E-state index contributed by atoms with van der Waals surface area (Å²) in [7, 11) is 0. The first kappa shape index (κ1) is 30.3. The summed E-state index contributed by atoms with van der Waals surface area (Å²) in [6, 6.07) is 35.8. The molecule has 0 bridgehead atoms. The van der Waals surface area contributed by atoms with Crippen molar-refractivity contribution in [3.05, 3.63) is 138 Å². The van der Waals surface area contributed by atoms with Crippen LogP contribution in [-0.2, 0) is 11.3 Å². The number of phenols is 1. The van der Waals surface area contributed by atoms with Crippen LogP contribution in [0.1, 0.15) is 59.0 Å². The van der Waals surface area contributed by atoms with Gasteiger partial charge in [-0.1, -0.05) is 78.9 Å². The van der Waals surface area contributed by atoms with Crippen molar-refractivity contribution in [1.82, 2.24) is 15.6 Å². The molecule has 7 nitrogen and oxygen atoms in total. The van der Waals surface area contributed by atoms with Crippen LogP contribution in [0.25, 0.3) is 10.8 Å². The summed E-state index contributed by atoms with van der Waals surface area (Å²) in [5.74, 6) is 0.242. The van der Waals surface area contributed by atoms with E-state index >= 15 is 0 Å². The van der Waals surface area contributed by atoms with E-state index in [4.69, 9.17) is 9.47 Å². The van der Waals surface area contributed by atoms with Crippen molar-refractivity contribution in [1.29, 1.82) is 0 Å². The lowest BCUT2D eigenvalue weighted by atomic mass is 9.92. The molecule has 7 heteroatoms. The molecular formula is C38H39N3O4. The Morgan fingerprint density at radius 1 is 0.822 bits per heavy atom. The maximum atomic E-state index is 13.0. The fourth-order valence-electron chi connectivity index (χ4n) is 5.98. The number of rotatable bonds is 12. The Labute approximate surface area is 264 Å². The Bertz CT molecular complexity index is 1630. The molecule has 0 spiro atoms. The Balaban J connectivity index is 0.971. The van der Waals surface area contributed by atoms with Crippen molar-refractivity contribution in [3.8, 4) is 11.5 Å². The van der Waals surface area contributed by atoms with Crippen LogP contribution in [0, 0.1) is 0 Å². The number of hydrogen-bond acceptors (Lipinski definition) is 6. The zero-order chi connectivity index (χ0) is 30.8. The predicted molar refractivity (Wildman–Crippen MR) is 176 cm³/mol. The molecule has 1 aliphatic carbocycles. The molecule has 1 aromatic heterocycles.